The van der Waals surface area contributed by atoms with Crippen LogP contribution in [0.2, 0.25) is 0 Å². The van der Waals surface area contributed by atoms with E-state index in [2.05, 4.69) is 49.0 Å². The predicted octanol–water partition coefficient (Wildman–Crippen LogP) is 5.03. The first-order valence-corrected chi connectivity index (χ1v) is 6.53. The Balaban J connectivity index is 2.22. The van der Waals surface area contributed by atoms with Crippen molar-refractivity contribution in [2.75, 3.05) is 6.61 Å². The third-order valence-corrected chi connectivity index (χ3v) is 3.34. The molecular weight excluding hydrogens is 232 g/mol. The molecule has 0 radical (unpaired) electrons. The van der Waals surface area contributed by atoms with E-state index in [0.717, 1.165) is 11.3 Å². The van der Waals surface area contributed by atoms with Crippen LogP contribution in [0.3, 0.4) is 0 Å². The molecule has 0 fully saturated rings. The highest BCUT2D eigenvalue weighted by atomic mass is 16.5. The quantitative estimate of drug-likeness (QED) is 0.590. The van der Waals surface area contributed by atoms with Gasteiger partial charge in [0.05, 0.1) is 6.61 Å². The average molecular weight is 248 g/mol. The van der Waals surface area contributed by atoms with Crippen molar-refractivity contribution in [3.8, 4) is 5.75 Å². The summed E-state index contributed by atoms with van der Waals surface area (Å²) in [6, 6.07) is 17.0. The smallest absolute Gasteiger partial charge is 0.119 e. The van der Waals surface area contributed by atoms with Gasteiger partial charge in [-0.3, -0.25) is 0 Å². The van der Waals surface area contributed by atoms with Crippen molar-refractivity contribution in [2.45, 2.75) is 6.92 Å². The molecule has 94 valence electrons. The normalized spacial score (nSPS) is 10.8. The molecule has 0 aliphatic heterocycles. The van der Waals surface area contributed by atoms with Crippen molar-refractivity contribution in [3.63, 3.8) is 0 Å². The fourth-order valence-electron chi connectivity index (χ4n) is 2.38. The summed E-state index contributed by atoms with van der Waals surface area (Å²) in [4.78, 5) is 0. The molecular formula is C18H16O. The Labute approximate surface area is 113 Å². The molecule has 0 amide bonds. The second-order valence-corrected chi connectivity index (χ2v) is 4.60. The fourth-order valence-corrected chi connectivity index (χ4v) is 2.38. The third-order valence-electron chi connectivity index (χ3n) is 3.34. The topological polar surface area (TPSA) is 9.23 Å². The minimum atomic E-state index is 0.696. The van der Waals surface area contributed by atoms with Gasteiger partial charge in [0, 0.05) is 0 Å². The number of rotatable bonds is 3. The first-order valence-electron chi connectivity index (χ1n) is 6.53. The SMILES string of the molecule is C=Cc1ccc2cc3cc(OCC)ccc3cc2c1. The second kappa shape index (κ2) is 4.77. The Morgan fingerprint density at radius 3 is 2.26 bits per heavy atom. The van der Waals surface area contributed by atoms with Gasteiger partial charge in [-0.15, -0.1) is 0 Å². The summed E-state index contributed by atoms with van der Waals surface area (Å²) in [5.41, 5.74) is 1.15. The van der Waals surface area contributed by atoms with E-state index in [1.165, 1.54) is 21.5 Å². The van der Waals surface area contributed by atoms with E-state index < -0.39 is 0 Å². The van der Waals surface area contributed by atoms with E-state index in [-0.39, 0.29) is 0 Å². The van der Waals surface area contributed by atoms with Crippen LogP contribution in [0.15, 0.2) is 55.1 Å². The van der Waals surface area contributed by atoms with Gasteiger partial charge in [-0.05, 0) is 64.4 Å². The molecule has 1 heteroatoms. The highest BCUT2D eigenvalue weighted by Crippen LogP contribution is 2.27. The highest BCUT2D eigenvalue weighted by molar-refractivity contribution is 5.99. The molecule has 0 N–H and O–H groups in total. The summed E-state index contributed by atoms with van der Waals surface area (Å²) in [6.07, 6.45) is 1.88. The van der Waals surface area contributed by atoms with Gasteiger partial charge in [0.15, 0.2) is 0 Å². The maximum absolute atomic E-state index is 5.55. The van der Waals surface area contributed by atoms with Crippen LogP contribution in [0.4, 0.5) is 0 Å². The fraction of sp³-hybridized carbons (Fsp3) is 0.111. The zero-order valence-electron chi connectivity index (χ0n) is 11.0. The van der Waals surface area contributed by atoms with Crippen LogP contribution in [0, 0.1) is 0 Å². The monoisotopic (exact) mass is 248 g/mol. The number of benzene rings is 3. The molecule has 0 saturated carbocycles. The molecule has 0 heterocycles. The van der Waals surface area contributed by atoms with Gasteiger partial charge in [0.2, 0.25) is 0 Å². The highest BCUT2D eigenvalue weighted by Gasteiger charge is 2.01. The molecule has 0 saturated heterocycles. The summed E-state index contributed by atoms with van der Waals surface area (Å²) in [5, 5.41) is 4.93. The van der Waals surface area contributed by atoms with Gasteiger partial charge in [-0.1, -0.05) is 30.9 Å². The molecule has 0 aliphatic carbocycles. The zero-order chi connectivity index (χ0) is 13.2. The molecule has 1 nitrogen and oxygen atoms in total. The van der Waals surface area contributed by atoms with E-state index in [1.807, 2.05) is 19.1 Å². The molecule has 0 aliphatic rings. The summed E-state index contributed by atoms with van der Waals surface area (Å²) < 4.78 is 5.55. The van der Waals surface area contributed by atoms with Crippen molar-refractivity contribution in [2.24, 2.45) is 0 Å². The number of hydrogen-bond acceptors (Lipinski definition) is 1. The van der Waals surface area contributed by atoms with E-state index >= 15 is 0 Å². The molecule has 3 aromatic rings. The standard InChI is InChI=1S/C18H16O/c1-3-13-5-6-14-11-17-12-18(19-4-2)8-7-15(17)10-16(14)9-13/h3,5-12H,1,4H2,2H3. The second-order valence-electron chi connectivity index (χ2n) is 4.60. The Bertz CT molecular complexity index is 756. The number of hydrogen-bond donors (Lipinski definition) is 0. The average Bonchev–Trinajstić information content (AvgIpc) is 2.45. The third kappa shape index (κ3) is 2.19. The van der Waals surface area contributed by atoms with Gasteiger partial charge in [0.1, 0.15) is 5.75 Å². The maximum atomic E-state index is 5.55. The van der Waals surface area contributed by atoms with Crippen molar-refractivity contribution in [1.29, 1.82) is 0 Å². The first kappa shape index (κ1) is 11.8. The predicted molar refractivity (Wildman–Crippen MR) is 82.7 cm³/mol. The van der Waals surface area contributed by atoms with Crippen LogP contribution in [0.5, 0.6) is 5.75 Å². The van der Waals surface area contributed by atoms with Crippen molar-refractivity contribution in [3.05, 3.63) is 60.7 Å². The summed E-state index contributed by atoms with van der Waals surface area (Å²) in [7, 11) is 0. The molecule has 0 bridgehead atoms. The van der Waals surface area contributed by atoms with Crippen molar-refractivity contribution in [1.82, 2.24) is 0 Å². The van der Waals surface area contributed by atoms with E-state index in [4.69, 9.17) is 4.74 Å². The molecule has 0 unspecified atom stereocenters. The van der Waals surface area contributed by atoms with Gasteiger partial charge in [-0.2, -0.15) is 0 Å². The van der Waals surface area contributed by atoms with Gasteiger partial charge < -0.3 is 4.74 Å². The maximum Gasteiger partial charge on any atom is 0.119 e. The summed E-state index contributed by atoms with van der Waals surface area (Å²) in [5.74, 6) is 0.928. The Kier molecular flexibility index (Phi) is 2.96. The van der Waals surface area contributed by atoms with Crippen LogP contribution in [-0.2, 0) is 0 Å². The summed E-state index contributed by atoms with van der Waals surface area (Å²) >= 11 is 0. The molecule has 3 rings (SSSR count). The first-order chi connectivity index (χ1) is 9.30. The zero-order valence-corrected chi connectivity index (χ0v) is 11.0. The lowest BCUT2D eigenvalue weighted by atomic mass is 10.0. The largest absolute Gasteiger partial charge is 0.494 e. The van der Waals surface area contributed by atoms with Crippen LogP contribution in [-0.4, -0.2) is 6.61 Å². The lowest BCUT2D eigenvalue weighted by Crippen LogP contribution is -1.90. The lowest BCUT2D eigenvalue weighted by molar-refractivity contribution is 0.341. The lowest BCUT2D eigenvalue weighted by Gasteiger charge is -2.07. The van der Waals surface area contributed by atoms with Gasteiger partial charge in [0.25, 0.3) is 0 Å². The van der Waals surface area contributed by atoms with E-state index in [1.54, 1.807) is 0 Å². The number of fused-ring (bicyclic) bond motifs is 2. The molecule has 0 atom stereocenters. The Morgan fingerprint density at radius 1 is 0.895 bits per heavy atom. The summed E-state index contributed by atoms with van der Waals surface area (Å²) in [6.45, 7) is 6.51. The van der Waals surface area contributed by atoms with Crippen LogP contribution < -0.4 is 4.74 Å². The Morgan fingerprint density at radius 2 is 1.58 bits per heavy atom. The van der Waals surface area contributed by atoms with Crippen LogP contribution in [0.25, 0.3) is 27.6 Å². The van der Waals surface area contributed by atoms with Crippen molar-refractivity contribution >= 4 is 27.6 Å². The van der Waals surface area contributed by atoms with E-state index in [0.29, 0.717) is 6.61 Å². The minimum absolute atomic E-state index is 0.696. The van der Waals surface area contributed by atoms with Crippen LogP contribution in [0.1, 0.15) is 12.5 Å². The van der Waals surface area contributed by atoms with Gasteiger partial charge in [-0.25, -0.2) is 0 Å². The van der Waals surface area contributed by atoms with Crippen molar-refractivity contribution < 1.29 is 4.74 Å². The number of ether oxygens (including phenoxy) is 1. The molecule has 3 aromatic carbocycles. The minimum Gasteiger partial charge on any atom is -0.494 e. The Hall–Kier alpha value is -2.28. The molecule has 0 aromatic heterocycles. The molecule has 0 spiro atoms. The van der Waals surface area contributed by atoms with Crippen LogP contribution >= 0.6 is 0 Å². The van der Waals surface area contributed by atoms with E-state index in [9.17, 15) is 0 Å². The molecule has 19 heavy (non-hydrogen) atoms. The van der Waals surface area contributed by atoms with Gasteiger partial charge >= 0.3 is 0 Å².